The van der Waals surface area contributed by atoms with E-state index in [1.165, 1.54) is 11.1 Å². The molecule has 0 spiro atoms. The van der Waals surface area contributed by atoms with E-state index in [-0.39, 0.29) is 0 Å². The van der Waals surface area contributed by atoms with Gasteiger partial charge in [-0.2, -0.15) is 11.8 Å². The van der Waals surface area contributed by atoms with E-state index in [0.29, 0.717) is 0 Å². The molecule has 15 heavy (non-hydrogen) atoms. The second-order valence-corrected chi connectivity index (χ2v) is 4.37. The molecule has 0 unspecified atom stereocenters. The summed E-state index contributed by atoms with van der Waals surface area (Å²) in [6, 6.07) is 0. The fraction of sp³-hybridized carbons (Fsp3) is 0.429. The van der Waals surface area contributed by atoms with Crippen molar-refractivity contribution in [3.63, 3.8) is 0 Å². The summed E-state index contributed by atoms with van der Waals surface area (Å²) in [6.45, 7) is 10.3. The van der Waals surface area contributed by atoms with Crippen LogP contribution in [0.4, 0.5) is 0 Å². The van der Waals surface area contributed by atoms with Gasteiger partial charge < -0.3 is 0 Å². The third kappa shape index (κ3) is 6.40. The SMILES string of the molecule is C=C(C)C(/C=C(\C=C\CSC)CC)=C/C. The van der Waals surface area contributed by atoms with Crippen LogP contribution in [0, 0.1) is 0 Å². The summed E-state index contributed by atoms with van der Waals surface area (Å²) in [4.78, 5) is 0. The van der Waals surface area contributed by atoms with E-state index < -0.39 is 0 Å². The van der Waals surface area contributed by atoms with Gasteiger partial charge in [0.15, 0.2) is 0 Å². The van der Waals surface area contributed by atoms with Gasteiger partial charge >= 0.3 is 0 Å². The maximum Gasteiger partial charge on any atom is 0.0113 e. The molecule has 0 bridgehead atoms. The lowest BCUT2D eigenvalue weighted by Crippen LogP contribution is -1.83. The van der Waals surface area contributed by atoms with Crippen LogP contribution >= 0.6 is 11.8 Å². The molecular weight excluding hydrogens is 200 g/mol. The number of hydrogen-bond donors (Lipinski definition) is 0. The van der Waals surface area contributed by atoms with Crippen LogP contribution in [0.25, 0.3) is 0 Å². The molecule has 0 nitrogen and oxygen atoms in total. The van der Waals surface area contributed by atoms with Crippen LogP contribution < -0.4 is 0 Å². The molecular formula is C14H22S. The van der Waals surface area contributed by atoms with E-state index in [1.54, 1.807) is 0 Å². The van der Waals surface area contributed by atoms with Crippen LogP contribution in [0.1, 0.15) is 27.2 Å². The van der Waals surface area contributed by atoms with Gasteiger partial charge in [-0.05, 0) is 37.7 Å². The Labute approximate surface area is 98.8 Å². The van der Waals surface area contributed by atoms with E-state index in [9.17, 15) is 0 Å². The first-order valence-electron chi connectivity index (χ1n) is 5.33. The van der Waals surface area contributed by atoms with Crippen molar-refractivity contribution >= 4 is 11.8 Å². The van der Waals surface area contributed by atoms with Crippen molar-refractivity contribution in [3.05, 3.63) is 47.6 Å². The van der Waals surface area contributed by atoms with E-state index in [4.69, 9.17) is 0 Å². The summed E-state index contributed by atoms with van der Waals surface area (Å²) >= 11 is 1.84. The maximum atomic E-state index is 3.97. The Morgan fingerprint density at radius 1 is 1.40 bits per heavy atom. The molecule has 0 radical (unpaired) electrons. The van der Waals surface area contributed by atoms with Gasteiger partial charge in [0.2, 0.25) is 0 Å². The summed E-state index contributed by atoms with van der Waals surface area (Å²) in [5, 5.41) is 0. The Hall–Kier alpha value is -0.690. The summed E-state index contributed by atoms with van der Waals surface area (Å²) in [5.74, 6) is 1.08. The quantitative estimate of drug-likeness (QED) is 0.584. The van der Waals surface area contributed by atoms with Gasteiger partial charge in [0.25, 0.3) is 0 Å². The molecule has 0 aromatic carbocycles. The maximum absolute atomic E-state index is 3.97. The predicted octanol–water partition coefficient (Wildman–Crippen LogP) is 4.76. The Kier molecular flexibility index (Phi) is 8.21. The second kappa shape index (κ2) is 8.60. The van der Waals surface area contributed by atoms with E-state index in [2.05, 4.69) is 51.0 Å². The molecule has 0 aliphatic rings. The smallest absolute Gasteiger partial charge is 0.0113 e. The van der Waals surface area contributed by atoms with E-state index in [0.717, 1.165) is 17.7 Å². The predicted molar refractivity (Wildman–Crippen MR) is 74.5 cm³/mol. The molecule has 84 valence electrons. The standard InChI is InChI=1S/C14H22S/c1-6-13(9-8-10-15-5)11-14(7-2)12(3)4/h7-9,11H,3,6,10H2,1-2,4-5H3/b9-8+,13-11-,14-7+. The summed E-state index contributed by atoms with van der Waals surface area (Å²) < 4.78 is 0. The number of thioether (sulfide) groups is 1. The second-order valence-electron chi connectivity index (χ2n) is 3.45. The van der Waals surface area contributed by atoms with E-state index in [1.807, 2.05) is 18.7 Å². The summed E-state index contributed by atoms with van der Waals surface area (Å²) in [5.41, 5.74) is 3.72. The molecule has 0 rings (SSSR count). The van der Waals surface area contributed by atoms with Crippen molar-refractivity contribution in [2.75, 3.05) is 12.0 Å². The van der Waals surface area contributed by atoms with Crippen LogP contribution in [0.15, 0.2) is 47.6 Å². The molecule has 0 atom stereocenters. The van der Waals surface area contributed by atoms with Crippen molar-refractivity contribution in [2.24, 2.45) is 0 Å². The van der Waals surface area contributed by atoms with Gasteiger partial charge in [-0.25, -0.2) is 0 Å². The molecule has 0 heterocycles. The van der Waals surface area contributed by atoms with Crippen LogP contribution in [0.5, 0.6) is 0 Å². The lowest BCUT2D eigenvalue weighted by atomic mass is 10.0. The highest BCUT2D eigenvalue weighted by atomic mass is 32.2. The van der Waals surface area contributed by atoms with Crippen LogP contribution in [-0.4, -0.2) is 12.0 Å². The molecule has 0 aromatic rings. The van der Waals surface area contributed by atoms with Crippen LogP contribution in [0.3, 0.4) is 0 Å². The zero-order valence-corrected chi connectivity index (χ0v) is 11.2. The van der Waals surface area contributed by atoms with Gasteiger partial charge in [0.1, 0.15) is 0 Å². The first kappa shape index (κ1) is 14.3. The van der Waals surface area contributed by atoms with Crippen molar-refractivity contribution in [3.8, 4) is 0 Å². The van der Waals surface area contributed by atoms with Gasteiger partial charge in [-0.3, -0.25) is 0 Å². The average molecular weight is 222 g/mol. The molecule has 0 saturated heterocycles. The largest absolute Gasteiger partial charge is 0.161 e. The minimum absolute atomic E-state index is 1.06. The fourth-order valence-corrected chi connectivity index (χ4v) is 1.51. The molecule has 0 amide bonds. The van der Waals surface area contributed by atoms with Crippen LogP contribution in [0.2, 0.25) is 0 Å². The summed E-state index contributed by atoms with van der Waals surface area (Å²) in [7, 11) is 0. The third-order valence-corrected chi connectivity index (χ3v) is 2.67. The highest BCUT2D eigenvalue weighted by Gasteiger charge is 1.94. The molecule has 1 heteroatoms. The summed E-state index contributed by atoms with van der Waals surface area (Å²) in [6.07, 6.45) is 11.9. The highest BCUT2D eigenvalue weighted by Crippen LogP contribution is 2.14. The Balaban J connectivity index is 4.64. The van der Waals surface area contributed by atoms with Gasteiger partial charge in [0.05, 0.1) is 0 Å². The van der Waals surface area contributed by atoms with Crippen molar-refractivity contribution in [1.29, 1.82) is 0 Å². The average Bonchev–Trinajstić information content (AvgIpc) is 2.22. The molecule has 0 aromatic heterocycles. The van der Waals surface area contributed by atoms with Crippen molar-refractivity contribution in [2.45, 2.75) is 27.2 Å². The Bertz CT molecular complexity index is 280. The van der Waals surface area contributed by atoms with Gasteiger partial charge in [0, 0.05) is 5.75 Å². The van der Waals surface area contributed by atoms with Crippen molar-refractivity contribution in [1.82, 2.24) is 0 Å². The van der Waals surface area contributed by atoms with Crippen molar-refractivity contribution < 1.29 is 0 Å². The molecule has 0 saturated carbocycles. The first-order chi connectivity index (χ1) is 7.15. The monoisotopic (exact) mass is 222 g/mol. The van der Waals surface area contributed by atoms with Crippen LogP contribution in [-0.2, 0) is 0 Å². The fourth-order valence-electron chi connectivity index (χ4n) is 1.22. The topological polar surface area (TPSA) is 0 Å². The van der Waals surface area contributed by atoms with Gasteiger partial charge in [-0.15, -0.1) is 0 Å². The Morgan fingerprint density at radius 3 is 2.47 bits per heavy atom. The number of rotatable bonds is 6. The first-order valence-corrected chi connectivity index (χ1v) is 6.73. The lowest BCUT2D eigenvalue weighted by Gasteiger charge is -2.02. The Morgan fingerprint density at radius 2 is 2.07 bits per heavy atom. The van der Waals surface area contributed by atoms with E-state index >= 15 is 0 Å². The zero-order valence-electron chi connectivity index (χ0n) is 10.3. The number of allylic oxidation sites excluding steroid dienone is 6. The zero-order chi connectivity index (χ0) is 11.7. The highest BCUT2D eigenvalue weighted by molar-refractivity contribution is 7.98. The minimum Gasteiger partial charge on any atom is -0.161 e. The normalized spacial score (nSPS) is 13.6. The lowest BCUT2D eigenvalue weighted by molar-refractivity contribution is 1.14. The van der Waals surface area contributed by atoms with Gasteiger partial charge in [-0.1, -0.05) is 43.4 Å². The molecule has 0 N–H and O–H groups in total. The number of hydrogen-bond acceptors (Lipinski definition) is 1. The molecule has 0 aliphatic carbocycles. The molecule has 0 fully saturated rings. The molecule has 0 aliphatic heterocycles. The third-order valence-electron chi connectivity index (χ3n) is 2.15. The minimum atomic E-state index is 1.06.